The van der Waals surface area contributed by atoms with E-state index in [4.69, 9.17) is 0 Å². The quantitative estimate of drug-likeness (QED) is 0.684. The number of nitro benzene ring substituents is 1. The van der Waals surface area contributed by atoms with Gasteiger partial charge in [0, 0.05) is 29.2 Å². The number of benzene rings is 1. The van der Waals surface area contributed by atoms with Crippen LogP contribution >= 0.6 is 15.9 Å². The first-order valence-corrected chi connectivity index (χ1v) is 6.22. The van der Waals surface area contributed by atoms with Crippen molar-refractivity contribution in [2.75, 3.05) is 6.54 Å². The zero-order valence-electron chi connectivity index (χ0n) is 10.3. The topological polar surface area (TPSA) is 55.2 Å². The summed E-state index contributed by atoms with van der Waals surface area (Å²) in [4.78, 5) is 10.5. The highest BCUT2D eigenvalue weighted by Gasteiger charge is 2.15. The molecule has 4 nitrogen and oxygen atoms in total. The lowest BCUT2D eigenvalue weighted by atomic mass is 9.97. The van der Waals surface area contributed by atoms with E-state index in [-0.39, 0.29) is 16.0 Å². The minimum atomic E-state index is -0.348. The standard InChI is InChI=1S/C12H17BrN2O2/c1-12(2,3)8-14-7-9-4-5-10(13)6-11(9)15(16)17/h4-6,14H,7-8H2,1-3H3. The molecule has 0 bridgehead atoms. The van der Waals surface area contributed by atoms with Crippen LogP contribution in [0, 0.1) is 15.5 Å². The summed E-state index contributed by atoms with van der Waals surface area (Å²) in [5, 5.41) is 14.1. The van der Waals surface area contributed by atoms with Crippen LogP contribution in [0.25, 0.3) is 0 Å². The number of halogens is 1. The Labute approximate surface area is 110 Å². The van der Waals surface area contributed by atoms with Gasteiger partial charge in [0.05, 0.1) is 4.92 Å². The lowest BCUT2D eigenvalue weighted by Gasteiger charge is -2.18. The second-order valence-electron chi connectivity index (χ2n) is 5.19. The molecule has 0 aliphatic rings. The molecule has 0 saturated carbocycles. The van der Waals surface area contributed by atoms with E-state index < -0.39 is 0 Å². The van der Waals surface area contributed by atoms with E-state index in [0.717, 1.165) is 11.0 Å². The Morgan fingerprint density at radius 1 is 1.41 bits per heavy atom. The highest BCUT2D eigenvalue weighted by Crippen LogP contribution is 2.23. The number of hydrogen-bond acceptors (Lipinski definition) is 3. The zero-order chi connectivity index (χ0) is 13.1. The highest BCUT2D eigenvalue weighted by molar-refractivity contribution is 9.10. The van der Waals surface area contributed by atoms with Gasteiger partial charge in [0.2, 0.25) is 0 Å². The number of hydrogen-bond donors (Lipinski definition) is 1. The van der Waals surface area contributed by atoms with Gasteiger partial charge in [0.1, 0.15) is 0 Å². The van der Waals surface area contributed by atoms with Gasteiger partial charge >= 0.3 is 0 Å². The van der Waals surface area contributed by atoms with Crippen molar-refractivity contribution in [1.29, 1.82) is 0 Å². The van der Waals surface area contributed by atoms with Crippen molar-refractivity contribution in [3.05, 3.63) is 38.3 Å². The lowest BCUT2D eigenvalue weighted by Crippen LogP contribution is -2.26. The maximum absolute atomic E-state index is 10.9. The van der Waals surface area contributed by atoms with Gasteiger partial charge in [-0.15, -0.1) is 0 Å². The van der Waals surface area contributed by atoms with Crippen LogP contribution in [0.3, 0.4) is 0 Å². The van der Waals surface area contributed by atoms with E-state index in [1.807, 2.05) is 6.07 Å². The van der Waals surface area contributed by atoms with E-state index in [1.54, 1.807) is 6.07 Å². The summed E-state index contributed by atoms with van der Waals surface area (Å²) in [5.41, 5.74) is 1.03. The second kappa shape index (κ2) is 5.60. The molecule has 0 aromatic heterocycles. The fourth-order valence-electron chi connectivity index (χ4n) is 1.43. The van der Waals surface area contributed by atoms with Crippen LogP contribution in [-0.2, 0) is 6.54 Å². The molecule has 0 aliphatic carbocycles. The molecule has 0 unspecified atom stereocenters. The summed E-state index contributed by atoms with van der Waals surface area (Å²) in [6.07, 6.45) is 0. The Hall–Kier alpha value is -0.940. The fourth-order valence-corrected chi connectivity index (χ4v) is 1.78. The van der Waals surface area contributed by atoms with E-state index in [1.165, 1.54) is 6.07 Å². The molecular formula is C12H17BrN2O2. The highest BCUT2D eigenvalue weighted by atomic mass is 79.9. The summed E-state index contributed by atoms with van der Waals surface area (Å²) in [7, 11) is 0. The minimum Gasteiger partial charge on any atom is -0.312 e. The second-order valence-corrected chi connectivity index (χ2v) is 6.11. The molecule has 1 rings (SSSR count). The molecule has 0 fully saturated rings. The number of nitrogens with zero attached hydrogens (tertiary/aromatic N) is 1. The number of rotatable bonds is 4. The molecule has 0 spiro atoms. The molecule has 0 aliphatic heterocycles. The molecule has 5 heteroatoms. The van der Waals surface area contributed by atoms with Crippen molar-refractivity contribution in [1.82, 2.24) is 5.32 Å². The van der Waals surface area contributed by atoms with Crippen LogP contribution in [0.15, 0.2) is 22.7 Å². The largest absolute Gasteiger partial charge is 0.312 e. The van der Waals surface area contributed by atoms with Crippen LogP contribution in [-0.4, -0.2) is 11.5 Å². The molecule has 0 radical (unpaired) electrons. The number of nitrogens with one attached hydrogen (secondary N) is 1. The van der Waals surface area contributed by atoms with Crippen molar-refractivity contribution in [3.63, 3.8) is 0 Å². The summed E-state index contributed by atoms with van der Waals surface area (Å²) in [6.45, 7) is 7.70. The van der Waals surface area contributed by atoms with E-state index in [2.05, 4.69) is 42.0 Å². The Morgan fingerprint density at radius 3 is 2.59 bits per heavy atom. The van der Waals surface area contributed by atoms with Crippen LogP contribution in [0.4, 0.5) is 5.69 Å². The zero-order valence-corrected chi connectivity index (χ0v) is 11.9. The average molecular weight is 301 g/mol. The van der Waals surface area contributed by atoms with Gasteiger partial charge in [-0.25, -0.2) is 0 Å². The molecule has 0 heterocycles. The van der Waals surface area contributed by atoms with Gasteiger partial charge in [-0.3, -0.25) is 10.1 Å². The minimum absolute atomic E-state index is 0.154. The van der Waals surface area contributed by atoms with Crippen LogP contribution < -0.4 is 5.32 Å². The van der Waals surface area contributed by atoms with Gasteiger partial charge in [0.25, 0.3) is 5.69 Å². The summed E-state index contributed by atoms with van der Waals surface area (Å²) in [5.74, 6) is 0. The molecule has 1 aromatic rings. The van der Waals surface area contributed by atoms with Gasteiger partial charge in [-0.2, -0.15) is 0 Å². The van der Waals surface area contributed by atoms with E-state index >= 15 is 0 Å². The third kappa shape index (κ3) is 4.83. The Morgan fingerprint density at radius 2 is 2.06 bits per heavy atom. The summed E-state index contributed by atoms with van der Waals surface area (Å²) in [6, 6.07) is 5.13. The first-order valence-electron chi connectivity index (χ1n) is 5.43. The summed E-state index contributed by atoms with van der Waals surface area (Å²) < 4.78 is 0.726. The van der Waals surface area contributed by atoms with Crippen molar-refractivity contribution >= 4 is 21.6 Å². The Balaban J connectivity index is 2.74. The lowest BCUT2D eigenvalue weighted by molar-refractivity contribution is -0.385. The smallest absolute Gasteiger partial charge is 0.275 e. The van der Waals surface area contributed by atoms with Gasteiger partial charge in [0.15, 0.2) is 0 Å². The first-order chi connectivity index (χ1) is 7.79. The maximum Gasteiger partial charge on any atom is 0.275 e. The first kappa shape index (κ1) is 14.1. The molecule has 0 saturated heterocycles. The molecule has 1 aromatic carbocycles. The van der Waals surface area contributed by atoms with E-state index in [9.17, 15) is 10.1 Å². The van der Waals surface area contributed by atoms with Crippen molar-refractivity contribution in [2.24, 2.45) is 5.41 Å². The van der Waals surface area contributed by atoms with Crippen molar-refractivity contribution in [2.45, 2.75) is 27.3 Å². The predicted octanol–water partition coefficient (Wildman–Crippen LogP) is 3.49. The Kier molecular flexibility index (Phi) is 4.65. The fraction of sp³-hybridized carbons (Fsp3) is 0.500. The van der Waals surface area contributed by atoms with Gasteiger partial charge < -0.3 is 5.32 Å². The molecule has 0 atom stereocenters. The van der Waals surface area contributed by atoms with Crippen LogP contribution in [0.2, 0.25) is 0 Å². The van der Waals surface area contributed by atoms with Crippen LogP contribution in [0.5, 0.6) is 0 Å². The SMILES string of the molecule is CC(C)(C)CNCc1ccc(Br)cc1[N+](=O)[O-]. The molecule has 94 valence electrons. The normalized spacial score (nSPS) is 11.5. The molecule has 1 N–H and O–H groups in total. The van der Waals surface area contributed by atoms with Gasteiger partial charge in [-0.05, 0) is 17.5 Å². The average Bonchev–Trinajstić information content (AvgIpc) is 2.18. The molecule has 17 heavy (non-hydrogen) atoms. The van der Waals surface area contributed by atoms with E-state index in [0.29, 0.717) is 12.1 Å². The summed E-state index contributed by atoms with van der Waals surface area (Å²) >= 11 is 3.24. The van der Waals surface area contributed by atoms with Gasteiger partial charge in [-0.1, -0.05) is 36.7 Å². The molecular weight excluding hydrogens is 284 g/mol. The predicted molar refractivity (Wildman–Crippen MR) is 72.0 cm³/mol. The van der Waals surface area contributed by atoms with Crippen molar-refractivity contribution in [3.8, 4) is 0 Å². The van der Waals surface area contributed by atoms with Crippen molar-refractivity contribution < 1.29 is 4.92 Å². The third-order valence-corrected chi connectivity index (χ3v) is 2.71. The van der Waals surface area contributed by atoms with Crippen LogP contribution in [0.1, 0.15) is 26.3 Å². The number of nitro groups is 1. The maximum atomic E-state index is 10.9. The third-order valence-electron chi connectivity index (χ3n) is 2.21. The Bertz CT molecular complexity index is 413. The monoisotopic (exact) mass is 300 g/mol. The molecule has 0 amide bonds.